The summed E-state index contributed by atoms with van der Waals surface area (Å²) in [5.74, 6) is -2.22. The van der Waals surface area contributed by atoms with E-state index in [0.29, 0.717) is 17.8 Å². The molecule has 0 saturated heterocycles. The molecule has 1 aromatic carbocycles. The molecular weight excluding hydrogens is 408 g/mol. The monoisotopic (exact) mass is 424 g/mol. The summed E-state index contributed by atoms with van der Waals surface area (Å²) in [6.07, 6.45) is -2.43. The number of nitrogens with zero attached hydrogens (tertiary/aromatic N) is 4. The Hall–Kier alpha value is -3.41. The van der Waals surface area contributed by atoms with E-state index in [2.05, 4.69) is 20.9 Å². The number of aromatic nitrogens is 2. The molecule has 1 atom stereocenters. The quantitative estimate of drug-likeness (QED) is 0.637. The first kappa shape index (κ1) is 19.9. The number of anilines is 1. The number of rotatable bonds is 2. The first-order valence-electron chi connectivity index (χ1n) is 8.88. The Bertz CT molecular complexity index is 1020. The highest BCUT2D eigenvalue weighted by Gasteiger charge is 2.39. The van der Waals surface area contributed by atoms with Gasteiger partial charge in [-0.15, -0.1) is 5.53 Å². The highest BCUT2D eigenvalue weighted by Crippen LogP contribution is 2.38. The van der Waals surface area contributed by atoms with Gasteiger partial charge in [-0.1, -0.05) is 6.07 Å². The maximum atomic E-state index is 13.1. The number of aromatic hydroxyl groups is 1. The summed E-state index contributed by atoms with van der Waals surface area (Å²) in [6.45, 7) is 1.78. The normalized spacial score (nSPS) is 19.0. The summed E-state index contributed by atoms with van der Waals surface area (Å²) in [5.41, 5.74) is 5.30. The van der Waals surface area contributed by atoms with Gasteiger partial charge in [-0.2, -0.15) is 13.2 Å². The first-order chi connectivity index (χ1) is 14.2. The van der Waals surface area contributed by atoms with Crippen molar-refractivity contribution < 1.29 is 27.5 Å². The van der Waals surface area contributed by atoms with Gasteiger partial charge in [0.2, 0.25) is 5.95 Å². The van der Waals surface area contributed by atoms with E-state index in [1.54, 1.807) is 6.92 Å². The summed E-state index contributed by atoms with van der Waals surface area (Å²) < 4.78 is 52.3. The topological polar surface area (TPSA) is 93.6 Å². The fourth-order valence-corrected chi connectivity index (χ4v) is 3.42. The second-order valence-corrected chi connectivity index (χ2v) is 6.88. The van der Waals surface area contributed by atoms with Crippen LogP contribution in [-0.2, 0) is 6.18 Å². The molecule has 158 valence electrons. The van der Waals surface area contributed by atoms with E-state index in [9.17, 15) is 27.5 Å². The molecule has 3 N–H and O–H groups in total. The summed E-state index contributed by atoms with van der Waals surface area (Å²) in [7, 11) is 0. The Kier molecular flexibility index (Phi) is 4.73. The number of alkyl halides is 3. The molecule has 2 aliphatic rings. The molecule has 8 nitrogen and oxygen atoms in total. The molecule has 0 radical (unpaired) electrons. The van der Waals surface area contributed by atoms with Crippen molar-refractivity contribution in [1.82, 2.24) is 25.8 Å². The van der Waals surface area contributed by atoms with Gasteiger partial charge >= 0.3 is 6.18 Å². The molecular formula is C18H16F4N6O2. The van der Waals surface area contributed by atoms with Crippen LogP contribution in [0.5, 0.6) is 5.75 Å². The third-order valence-corrected chi connectivity index (χ3v) is 4.93. The lowest BCUT2D eigenvalue weighted by Gasteiger charge is -2.34. The summed E-state index contributed by atoms with van der Waals surface area (Å²) in [5, 5.41) is 11.6. The Morgan fingerprint density at radius 3 is 2.63 bits per heavy atom. The number of amides is 1. The van der Waals surface area contributed by atoms with E-state index >= 15 is 0 Å². The van der Waals surface area contributed by atoms with Crippen molar-refractivity contribution >= 4 is 11.9 Å². The van der Waals surface area contributed by atoms with Gasteiger partial charge in [0.15, 0.2) is 5.82 Å². The van der Waals surface area contributed by atoms with E-state index in [0.717, 1.165) is 30.6 Å². The van der Waals surface area contributed by atoms with E-state index in [-0.39, 0.29) is 12.5 Å². The van der Waals surface area contributed by atoms with Crippen LogP contribution in [0.2, 0.25) is 0 Å². The van der Waals surface area contributed by atoms with Crippen LogP contribution in [0.25, 0.3) is 0 Å². The number of benzene rings is 1. The zero-order valence-electron chi connectivity index (χ0n) is 15.5. The van der Waals surface area contributed by atoms with Gasteiger partial charge in [0.05, 0.1) is 41.5 Å². The molecule has 0 fully saturated rings. The lowest BCUT2D eigenvalue weighted by atomic mass is 10.0. The molecule has 0 saturated carbocycles. The molecule has 0 aliphatic carbocycles. The average Bonchev–Trinajstić information content (AvgIpc) is 3.09. The Morgan fingerprint density at radius 2 is 1.97 bits per heavy atom. The van der Waals surface area contributed by atoms with Gasteiger partial charge in [-0.05, 0) is 19.1 Å². The number of phenols is 1. The first-order valence-corrected chi connectivity index (χ1v) is 8.88. The van der Waals surface area contributed by atoms with Gasteiger partial charge < -0.3 is 15.4 Å². The predicted molar refractivity (Wildman–Crippen MR) is 96.0 cm³/mol. The van der Waals surface area contributed by atoms with Crippen LogP contribution in [0.3, 0.4) is 0 Å². The standard InChI is InChI=1S/C18H16F4N6O2/c1-9-5-14-13(25-26-28(14)17-23-6-10(19)7-24-17)8-27(9)16(30)11-3-2-4-12(15(11)29)18(20,21)22/h2-4,6-7,9,25-26,29H,5,8H2,1H3/t9-/m0/s1. The largest absolute Gasteiger partial charge is 0.506 e. The predicted octanol–water partition coefficient (Wildman–Crippen LogP) is 2.32. The summed E-state index contributed by atoms with van der Waals surface area (Å²) in [6, 6.07) is 2.55. The number of hydrogen-bond donors (Lipinski definition) is 3. The van der Waals surface area contributed by atoms with Crippen molar-refractivity contribution in [3.05, 3.63) is 58.9 Å². The molecule has 30 heavy (non-hydrogen) atoms. The minimum Gasteiger partial charge on any atom is -0.506 e. The molecule has 0 unspecified atom stereocenters. The number of carbonyl (C=O) groups is 1. The van der Waals surface area contributed by atoms with E-state index in [4.69, 9.17) is 0 Å². The number of hydrazine groups is 2. The van der Waals surface area contributed by atoms with Gasteiger partial charge in [0.25, 0.3) is 5.91 Å². The zero-order valence-corrected chi connectivity index (χ0v) is 15.5. The zero-order chi connectivity index (χ0) is 21.6. The smallest absolute Gasteiger partial charge is 0.419 e. The lowest BCUT2D eigenvalue weighted by molar-refractivity contribution is -0.138. The SMILES string of the molecule is C[C@H]1CC2=C(CN1C(=O)c1cccc(C(F)(F)F)c1O)NNN2c1ncc(F)cn1. The molecule has 1 amide bonds. The number of phenolic OH excluding ortho intramolecular Hbond substituents is 1. The van der Waals surface area contributed by atoms with Crippen molar-refractivity contribution in [2.45, 2.75) is 25.6 Å². The van der Waals surface area contributed by atoms with Crippen LogP contribution in [-0.4, -0.2) is 38.5 Å². The van der Waals surface area contributed by atoms with E-state index in [1.165, 1.54) is 9.91 Å². The number of halogens is 4. The molecule has 4 rings (SSSR count). The van der Waals surface area contributed by atoms with Crippen LogP contribution < -0.4 is 16.0 Å². The van der Waals surface area contributed by atoms with Crippen LogP contribution in [0.1, 0.15) is 29.3 Å². The van der Waals surface area contributed by atoms with Crippen LogP contribution >= 0.6 is 0 Å². The number of para-hydroxylation sites is 1. The van der Waals surface area contributed by atoms with Crippen LogP contribution in [0.4, 0.5) is 23.5 Å². The van der Waals surface area contributed by atoms with Gasteiger partial charge in [0, 0.05) is 12.5 Å². The lowest BCUT2D eigenvalue weighted by Crippen LogP contribution is -2.44. The van der Waals surface area contributed by atoms with Crippen molar-refractivity contribution in [3.63, 3.8) is 0 Å². The van der Waals surface area contributed by atoms with Crippen molar-refractivity contribution in [2.75, 3.05) is 11.6 Å². The van der Waals surface area contributed by atoms with Gasteiger partial charge in [0.1, 0.15) is 5.75 Å². The Labute approximate surface area is 167 Å². The van der Waals surface area contributed by atoms with Crippen molar-refractivity contribution in [1.29, 1.82) is 0 Å². The molecule has 2 aromatic rings. The highest BCUT2D eigenvalue weighted by molar-refractivity contribution is 5.97. The number of carbonyl (C=O) groups excluding carboxylic acids is 1. The molecule has 3 heterocycles. The molecule has 0 bridgehead atoms. The third-order valence-electron chi connectivity index (χ3n) is 4.93. The fraction of sp³-hybridized carbons (Fsp3) is 0.278. The maximum absolute atomic E-state index is 13.1. The average molecular weight is 424 g/mol. The van der Waals surface area contributed by atoms with Gasteiger partial charge in [-0.3, -0.25) is 4.79 Å². The molecule has 12 heteroatoms. The third kappa shape index (κ3) is 3.38. The molecule has 1 aromatic heterocycles. The van der Waals surface area contributed by atoms with E-state index in [1.807, 2.05) is 0 Å². The molecule has 2 aliphatic heterocycles. The van der Waals surface area contributed by atoms with Crippen LogP contribution in [0.15, 0.2) is 42.0 Å². The fourth-order valence-electron chi connectivity index (χ4n) is 3.42. The van der Waals surface area contributed by atoms with Crippen molar-refractivity contribution in [2.24, 2.45) is 0 Å². The number of hydrogen-bond acceptors (Lipinski definition) is 7. The van der Waals surface area contributed by atoms with E-state index < -0.39 is 40.8 Å². The molecule has 0 spiro atoms. The highest BCUT2D eigenvalue weighted by atomic mass is 19.4. The minimum atomic E-state index is -4.78. The number of nitrogens with one attached hydrogen (secondary N) is 2. The minimum absolute atomic E-state index is 0.0513. The van der Waals surface area contributed by atoms with Gasteiger partial charge in [-0.25, -0.2) is 19.4 Å². The maximum Gasteiger partial charge on any atom is 0.419 e. The Morgan fingerprint density at radius 1 is 1.27 bits per heavy atom. The Balaban J connectivity index is 1.61. The van der Waals surface area contributed by atoms with Crippen molar-refractivity contribution in [3.8, 4) is 5.75 Å². The second kappa shape index (κ2) is 7.13. The summed E-state index contributed by atoms with van der Waals surface area (Å²) >= 11 is 0. The van der Waals surface area contributed by atoms with Crippen LogP contribution in [0, 0.1) is 5.82 Å². The second-order valence-electron chi connectivity index (χ2n) is 6.88. The summed E-state index contributed by atoms with van der Waals surface area (Å²) in [4.78, 5) is 22.1.